The van der Waals surface area contributed by atoms with Crippen LogP contribution in [0, 0.1) is 0 Å². The summed E-state index contributed by atoms with van der Waals surface area (Å²) in [5.74, 6) is -0.105. The van der Waals surface area contributed by atoms with E-state index in [4.69, 9.17) is 9.47 Å². The highest BCUT2D eigenvalue weighted by molar-refractivity contribution is 9.10. The fourth-order valence-corrected chi connectivity index (χ4v) is 3.64. The van der Waals surface area contributed by atoms with Crippen LogP contribution >= 0.6 is 15.9 Å². The summed E-state index contributed by atoms with van der Waals surface area (Å²) in [7, 11) is 0. The van der Waals surface area contributed by atoms with E-state index in [0.717, 1.165) is 6.42 Å². The standard InChI is InChI=1S/C14H13BrO5/c15-9-6-8(7-16)11-12(20-5-4-19-11)10(9)14(13(17)18)2-1-3-14/h6-7H,1-5H2,(H,17,18). The highest BCUT2D eigenvalue weighted by Crippen LogP contribution is 2.54. The predicted molar refractivity (Wildman–Crippen MR) is 73.7 cm³/mol. The van der Waals surface area contributed by atoms with Crippen LogP contribution in [0.25, 0.3) is 0 Å². The van der Waals surface area contributed by atoms with E-state index in [-0.39, 0.29) is 0 Å². The lowest BCUT2D eigenvalue weighted by Gasteiger charge is -2.40. The first-order valence-electron chi connectivity index (χ1n) is 6.41. The van der Waals surface area contributed by atoms with Gasteiger partial charge in [0, 0.05) is 10.0 Å². The Kier molecular flexibility index (Phi) is 3.20. The van der Waals surface area contributed by atoms with Crippen molar-refractivity contribution in [2.24, 2.45) is 0 Å². The van der Waals surface area contributed by atoms with Gasteiger partial charge in [-0.25, -0.2) is 0 Å². The zero-order chi connectivity index (χ0) is 14.3. The van der Waals surface area contributed by atoms with Gasteiger partial charge in [0.25, 0.3) is 0 Å². The molecule has 0 saturated heterocycles. The van der Waals surface area contributed by atoms with Crippen LogP contribution < -0.4 is 9.47 Å². The second-order valence-electron chi connectivity index (χ2n) is 5.04. The van der Waals surface area contributed by atoms with E-state index in [2.05, 4.69) is 15.9 Å². The van der Waals surface area contributed by atoms with Crippen molar-refractivity contribution in [3.05, 3.63) is 21.7 Å². The Balaban J connectivity index is 2.25. The van der Waals surface area contributed by atoms with Gasteiger partial charge in [-0.3, -0.25) is 9.59 Å². The van der Waals surface area contributed by atoms with Crippen LogP contribution in [0.15, 0.2) is 10.5 Å². The van der Waals surface area contributed by atoms with Gasteiger partial charge in [0.1, 0.15) is 13.2 Å². The van der Waals surface area contributed by atoms with Crippen molar-refractivity contribution in [1.82, 2.24) is 0 Å². The smallest absolute Gasteiger partial charge is 0.314 e. The highest BCUT2D eigenvalue weighted by atomic mass is 79.9. The van der Waals surface area contributed by atoms with Crippen LogP contribution in [0.2, 0.25) is 0 Å². The molecule has 1 aromatic rings. The SMILES string of the molecule is O=Cc1cc(Br)c(C2(C(=O)O)CCC2)c2c1OCCO2. The molecule has 5 nitrogen and oxygen atoms in total. The lowest BCUT2D eigenvalue weighted by molar-refractivity contribution is -0.147. The number of rotatable bonds is 3. The summed E-state index contributed by atoms with van der Waals surface area (Å²) < 4.78 is 11.7. The molecular weight excluding hydrogens is 328 g/mol. The summed E-state index contributed by atoms with van der Waals surface area (Å²) in [6.45, 7) is 0.708. The number of hydrogen-bond donors (Lipinski definition) is 1. The largest absolute Gasteiger partial charge is 0.486 e. The first-order valence-corrected chi connectivity index (χ1v) is 7.20. The van der Waals surface area contributed by atoms with Crippen molar-refractivity contribution >= 4 is 28.2 Å². The molecule has 0 amide bonds. The predicted octanol–water partition coefficient (Wildman–Crippen LogP) is 2.54. The average molecular weight is 341 g/mol. The van der Waals surface area contributed by atoms with E-state index in [1.165, 1.54) is 0 Å². The third-order valence-electron chi connectivity index (χ3n) is 4.01. The van der Waals surface area contributed by atoms with Crippen LogP contribution in [-0.4, -0.2) is 30.6 Å². The molecule has 1 aliphatic carbocycles. The van der Waals surface area contributed by atoms with Crippen molar-refractivity contribution in [2.45, 2.75) is 24.7 Å². The summed E-state index contributed by atoms with van der Waals surface area (Å²) in [5, 5.41) is 9.60. The number of fused-ring (bicyclic) bond motifs is 1. The molecule has 1 heterocycles. The monoisotopic (exact) mass is 340 g/mol. The number of carbonyl (C=O) groups excluding carboxylic acids is 1. The minimum absolute atomic E-state index is 0.352. The molecule has 0 radical (unpaired) electrons. The van der Waals surface area contributed by atoms with Crippen molar-refractivity contribution in [3.8, 4) is 11.5 Å². The molecule has 106 valence electrons. The summed E-state index contributed by atoms with van der Waals surface area (Å²) in [4.78, 5) is 22.8. The topological polar surface area (TPSA) is 72.8 Å². The minimum atomic E-state index is -0.939. The molecule has 2 aliphatic rings. The van der Waals surface area contributed by atoms with Gasteiger partial charge in [0.05, 0.1) is 11.0 Å². The van der Waals surface area contributed by atoms with Gasteiger partial charge < -0.3 is 14.6 Å². The van der Waals surface area contributed by atoms with Crippen molar-refractivity contribution in [3.63, 3.8) is 0 Å². The van der Waals surface area contributed by atoms with E-state index in [1.807, 2.05) is 0 Å². The lowest BCUT2D eigenvalue weighted by atomic mass is 9.64. The molecule has 0 spiro atoms. The summed E-state index contributed by atoms with van der Waals surface area (Å²) in [6, 6.07) is 1.61. The number of ether oxygens (including phenoxy) is 2. The van der Waals surface area contributed by atoms with Crippen molar-refractivity contribution < 1.29 is 24.2 Å². The zero-order valence-electron chi connectivity index (χ0n) is 10.6. The third-order valence-corrected chi connectivity index (χ3v) is 4.64. The molecule has 1 aromatic carbocycles. The van der Waals surface area contributed by atoms with Crippen LogP contribution in [0.3, 0.4) is 0 Å². The Morgan fingerprint density at radius 3 is 2.45 bits per heavy atom. The third kappa shape index (κ3) is 1.74. The maximum absolute atomic E-state index is 11.7. The summed E-state index contributed by atoms with van der Waals surface area (Å²) >= 11 is 3.39. The Morgan fingerprint density at radius 2 is 1.95 bits per heavy atom. The molecular formula is C14H13BrO5. The molecule has 0 bridgehead atoms. The zero-order valence-corrected chi connectivity index (χ0v) is 12.2. The number of carboxylic acids is 1. The Bertz CT molecular complexity index is 592. The summed E-state index contributed by atoms with van der Waals surface area (Å²) in [6.07, 6.45) is 2.69. The van der Waals surface area contributed by atoms with Gasteiger partial charge in [-0.2, -0.15) is 0 Å². The van der Waals surface area contributed by atoms with Crippen LogP contribution in [0.1, 0.15) is 35.2 Å². The Labute approximate surface area is 124 Å². The number of benzene rings is 1. The van der Waals surface area contributed by atoms with Crippen LogP contribution in [0.4, 0.5) is 0 Å². The minimum Gasteiger partial charge on any atom is -0.486 e. The van der Waals surface area contributed by atoms with Crippen molar-refractivity contribution in [2.75, 3.05) is 13.2 Å². The normalized spacial score (nSPS) is 19.1. The van der Waals surface area contributed by atoms with Crippen LogP contribution in [-0.2, 0) is 10.2 Å². The maximum Gasteiger partial charge on any atom is 0.314 e. The number of hydrogen-bond acceptors (Lipinski definition) is 4. The molecule has 6 heteroatoms. The quantitative estimate of drug-likeness (QED) is 0.856. The van der Waals surface area contributed by atoms with Crippen LogP contribution in [0.5, 0.6) is 11.5 Å². The maximum atomic E-state index is 11.7. The first-order chi connectivity index (χ1) is 9.60. The fraction of sp³-hybridized carbons (Fsp3) is 0.429. The van der Waals surface area contributed by atoms with Gasteiger partial charge >= 0.3 is 5.97 Å². The molecule has 20 heavy (non-hydrogen) atoms. The average Bonchev–Trinajstić information content (AvgIpc) is 2.39. The molecule has 1 aliphatic heterocycles. The fourth-order valence-electron chi connectivity index (χ4n) is 2.84. The molecule has 1 saturated carbocycles. The van der Waals surface area contributed by atoms with E-state index >= 15 is 0 Å². The Hall–Kier alpha value is -1.56. The number of halogens is 1. The highest BCUT2D eigenvalue weighted by Gasteiger charge is 2.50. The molecule has 1 fully saturated rings. The molecule has 0 aromatic heterocycles. The number of carboxylic acid groups (broad SMARTS) is 1. The van der Waals surface area contributed by atoms with E-state index in [0.29, 0.717) is 59.4 Å². The lowest BCUT2D eigenvalue weighted by Crippen LogP contribution is -2.43. The van der Waals surface area contributed by atoms with E-state index in [9.17, 15) is 14.7 Å². The molecule has 1 N–H and O–H groups in total. The van der Waals surface area contributed by atoms with Gasteiger partial charge in [-0.05, 0) is 18.9 Å². The van der Waals surface area contributed by atoms with Gasteiger partial charge in [0.2, 0.25) is 0 Å². The number of aliphatic carboxylic acids is 1. The Morgan fingerprint density at radius 1 is 1.30 bits per heavy atom. The van der Waals surface area contributed by atoms with E-state index in [1.54, 1.807) is 6.07 Å². The van der Waals surface area contributed by atoms with Gasteiger partial charge in [-0.15, -0.1) is 0 Å². The second-order valence-corrected chi connectivity index (χ2v) is 5.89. The second kappa shape index (κ2) is 4.77. The molecule has 0 atom stereocenters. The summed E-state index contributed by atoms with van der Waals surface area (Å²) in [5.41, 5.74) is 0.0251. The van der Waals surface area contributed by atoms with Gasteiger partial charge in [0.15, 0.2) is 17.8 Å². The van der Waals surface area contributed by atoms with E-state index < -0.39 is 11.4 Å². The van der Waals surface area contributed by atoms with Gasteiger partial charge in [-0.1, -0.05) is 22.4 Å². The number of carbonyl (C=O) groups is 2. The number of aldehydes is 1. The first kappa shape index (κ1) is 13.4. The van der Waals surface area contributed by atoms with Crippen molar-refractivity contribution in [1.29, 1.82) is 0 Å². The molecule has 0 unspecified atom stereocenters. The molecule has 3 rings (SSSR count).